The Hall–Kier alpha value is -0.720. The van der Waals surface area contributed by atoms with Gasteiger partial charge in [-0.15, -0.1) is 0 Å². The maximum Gasteiger partial charge on any atom is 0.242 e. The summed E-state index contributed by atoms with van der Waals surface area (Å²) < 4.78 is 25.9. The highest BCUT2D eigenvalue weighted by molar-refractivity contribution is 7.98. The molecule has 102 valence electrons. The van der Waals surface area contributed by atoms with Crippen molar-refractivity contribution in [2.24, 2.45) is 0 Å². The summed E-state index contributed by atoms with van der Waals surface area (Å²) in [4.78, 5) is 0.303. The molecular weight excluding hydrogens is 268 g/mol. The molecular formula is C12H20N2O2S2. The second kappa shape index (κ2) is 7.66. The molecule has 0 aliphatic heterocycles. The van der Waals surface area contributed by atoms with Gasteiger partial charge in [-0.05, 0) is 44.0 Å². The first-order valence-electron chi connectivity index (χ1n) is 5.87. The molecule has 18 heavy (non-hydrogen) atoms. The molecule has 0 fully saturated rings. The average molecular weight is 288 g/mol. The Balaban J connectivity index is 2.66. The molecule has 0 atom stereocenters. The van der Waals surface area contributed by atoms with Gasteiger partial charge in [0, 0.05) is 6.54 Å². The van der Waals surface area contributed by atoms with Gasteiger partial charge >= 0.3 is 0 Å². The third-order valence-corrected chi connectivity index (χ3v) is 4.71. The lowest BCUT2D eigenvalue weighted by molar-refractivity contribution is 0.588. The molecule has 0 aliphatic rings. The van der Waals surface area contributed by atoms with E-state index in [0.717, 1.165) is 25.1 Å². The van der Waals surface area contributed by atoms with Crippen molar-refractivity contribution in [1.29, 1.82) is 0 Å². The van der Waals surface area contributed by atoms with Crippen molar-refractivity contribution in [2.45, 2.75) is 17.7 Å². The van der Waals surface area contributed by atoms with Crippen molar-refractivity contribution in [3.05, 3.63) is 24.3 Å². The van der Waals surface area contributed by atoms with Gasteiger partial charge in [-0.25, -0.2) is 13.1 Å². The lowest BCUT2D eigenvalue weighted by Crippen LogP contribution is -2.20. The Bertz CT molecular complexity index is 461. The summed E-state index contributed by atoms with van der Waals surface area (Å²) in [5.74, 6) is 1.14. The normalized spacial score (nSPS) is 11.4. The van der Waals surface area contributed by atoms with Gasteiger partial charge in [-0.1, -0.05) is 12.1 Å². The summed E-state index contributed by atoms with van der Waals surface area (Å²) in [6.07, 6.45) is 4.26. The Morgan fingerprint density at radius 1 is 1.22 bits per heavy atom. The first-order valence-corrected chi connectivity index (χ1v) is 8.75. The van der Waals surface area contributed by atoms with Gasteiger partial charge in [0.25, 0.3) is 0 Å². The average Bonchev–Trinajstić information content (AvgIpc) is 2.39. The van der Waals surface area contributed by atoms with Crippen LogP contribution < -0.4 is 10.0 Å². The van der Waals surface area contributed by atoms with E-state index in [1.807, 2.05) is 17.8 Å². The third-order valence-electron chi connectivity index (χ3n) is 2.54. The zero-order valence-corrected chi connectivity index (χ0v) is 12.4. The molecule has 0 heterocycles. The first-order chi connectivity index (χ1) is 8.61. The maximum absolute atomic E-state index is 11.8. The number of para-hydroxylation sites is 1. The third kappa shape index (κ3) is 4.51. The Labute approximate surface area is 114 Å². The molecule has 1 rings (SSSR count). The van der Waals surface area contributed by atoms with Crippen LogP contribution in [0, 0.1) is 0 Å². The Morgan fingerprint density at radius 2 is 1.94 bits per heavy atom. The number of unbranched alkanes of at least 4 members (excludes halogenated alkanes) is 1. The van der Waals surface area contributed by atoms with Crippen LogP contribution in [-0.4, -0.2) is 34.0 Å². The van der Waals surface area contributed by atoms with E-state index < -0.39 is 10.0 Å². The molecule has 0 radical (unpaired) electrons. The second-order valence-electron chi connectivity index (χ2n) is 3.83. The van der Waals surface area contributed by atoms with Gasteiger partial charge in [-0.2, -0.15) is 11.8 Å². The Morgan fingerprint density at radius 3 is 2.61 bits per heavy atom. The van der Waals surface area contributed by atoms with Gasteiger partial charge in [-0.3, -0.25) is 0 Å². The maximum atomic E-state index is 11.8. The van der Waals surface area contributed by atoms with E-state index in [2.05, 4.69) is 16.3 Å². The van der Waals surface area contributed by atoms with Crippen LogP contribution in [-0.2, 0) is 10.0 Å². The van der Waals surface area contributed by atoms with Crippen molar-refractivity contribution >= 4 is 27.5 Å². The van der Waals surface area contributed by atoms with Crippen LogP contribution in [0.1, 0.15) is 12.8 Å². The van der Waals surface area contributed by atoms with Crippen molar-refractivity contribution in [1.82, 2.24) is 4.72 Å². The van der Waals surface area contributed by atoms with Crippen molar-refractivity contribution in [3.8, 4) is 0 Å². The van der Waals surface area contributed by atoms with E-state index in [1.54, 1.807) is 18.2 Å². The molecule has 0 aromatic heterocycles. The minimum absolute atomic E-state index is 0.303. The number of anilines is 1. The minimum atomic E-state index is -3.39. The highest BCUT2D eigenvalue weighted by Gasteiger charge is 2.15. The standard InChI is InChI=1S/C12H20N2O2S2/c1-13-18(15,16)12-8-4-3-7-11(12)14-9-5-6-10-17-2/h3-4,7-8,13-14H,5-6,9-10H2,1-2H3. The molecule has 0 aliphatic carbocycles. The zero-order chi connectivity index (χ0) is 13.4. The number of hydrogen-bond donors (Lipinski definition) is 2. The molecule has 2 N–H and O–H groups in total. The quantitative estimate of drug-likeness (QED) is 0.720. The summed E-state index contributed by atoms with van der Waals surface area (Å²) in [6.45, 7) is 0.788. The summed E-state index contributed by atoms with van der Waals surface area (Å²) in [5.41, 5.74) is 0.663. The fraction of sp³-hybridized carbons (Fsp3) is 0.500. The predicted molar refractivity (Wildman–Crippen MR) is 78.8 cm³/mol. The highest BCUT2D eigenvalue weighted by atomic mass is 32.2. The van der Waals surface area contributed by atoms with Gasteiger partial charge in [0.15, 0.2) is 0 Å². The van der Waals surface area contributed by atoms with Crippen molar-refractivity contribution in [2.75, 3.05) is 30.9 Å². The van der Waals surface area contributed by atoms with E-state index in [0.29, 0.717) is 10.6 Å². The van der Waals surface area contributed by atoms with Crippen LogP contribution in [0.4, 0.5) is 5.69 Å². The number of nitrogens with one attached hydrogen (secondary N) is 2. The molecule has 0 amide bonds. The van der Waals surface area contributed by atoms with Crippen LogP contribution in [0.25, 0.3) is 0 Å². The summed E-state index contributed by atoms with van der Waals surface area (Å²) >= 11 is 1.83. The van der Waals surface area contributed by atoms with E-state index in [9.17, 15) is 8.42 Å². The number of benzene rings is 1. The van der Waals surface area contributed by atoms with E-state index in [-0.39, 0.29) is 0 Å². The minimum Gasteiger partial charge on any atom is -0.384 e. The van der Waals surface area contributed by atoms with Crippen LogP contribution in [0.2, 0.25) is 0 Å². The van der Waals surface area contributed by atoms with Crippen LogP contribution >= 0.6 is 11.8 Å². The summed E-state index contributed by atoms with van der Waals surface area (Å²) in [5, 5.41) is 3.18. The molecule has 0 unspecified atom stereocenters. The second-order valence-corrected chi connectivity index (χ2v) is 6.67. The fourth-order valence-electron chi connectivity index (χ4n) is 1.55. The number of thioether (sulfide) groups is 1. The van der Waals surface area contributed by atoms with Crippen LogP contribution in [0.5, 0.6) is 0 Å². The van der Waals surface area contributed by atoms with E-state index >= 15 is 0 Å². The first kappa shape index (κ1) is 15.3. The molecule has 6 heteroatoms. The number of rotatable bonds is 8. The monoisotopic (exact) mass is 288 g/mol. The van der Waals surface area contributed by atoms with E-state index in [1.165, 1.54) is 7.05 Å². The number of sulfonamides is 1. The zero-order valence-electron chi connectivity index (χ0n) is 10.8. The van der Waals surface area contributed by atoms with Gasteiger partial charge in [0.05, 0.1) is 5.69 Å². The summed E-state index contributed by atoms with van der Waals surface area (Å²) in [6, 6.07) is 6.96. The van der Waals surface area contributed by atoms with Gasteiger partial charge < -0.3 is 5.32 Å². The molecule has 0 bridgehead atoms. The van der Waals surface area contributed by atoms with Gasteiger partial charge in [0.1, 0.15) is 4.90 Å². The van der Waals surface area contributed by atoms with Crippen LogP contribution in [0.3, 0.4) is 0 Å². The van der Waals surface area contributed by atoms with Crippen molar-refractivity contribution in [3.63, 3.8) is 0 Å². The lowest BCUT2D eigenvalue weighted by Gasteiger charge is -2.11. The van der Waals surface area contributed by atoms with Crippen molar-refractivity contribution < 1.29 is 8.42 Å². The summed E-state index contributed by atoms with van der Waals surface area (Å²) in [7, 11) is -1.97. The molecule has 0 saturated carbocycles. The molecule has 0 saturated heterocycles. The SMILES string of the molecule is CNS(=O)(=O)c1ccccc1NCCCCSC. The largest absolute Gasteiger partial charge is 0.384 e. The highest BCUT2D eigenvalue weighted by Crippen LogP contribution is 2.20. The van der Waals surface area contributed by atoms with Crippen LogP contribution in [0.15, 0.2) is 29.2 Å². The number of hydrogen-bond acceptors (Lipinski definition) is 4. The fourth-order valence-corrected chi connectivity index (χ4v) is 2.95. The molecule has 4 nitrogen and oxygen atoms in total. The molecule has 1 aromatic carbocycles. The predicted octanol–water partition coefficient (Wildman–Crippen LogP) is 2.15. The molecule has 1 aromatic rings. The lowest BCUT2D eigenvalue weighted by atomic mass is 10.3. The molecule has 0 spiro atoms. The van der Waals surface area contributed by atoms with E-state index in [4.69, 9.17) is 0 Å². The Kier molecular flexibility index (Phi) is 6.52. The van der Waals surface area contributed by atoms with Gasteiger partial charge in [0.2, 0.25) is 10.0 Å². The smallest absolute Gasteiger partial charge is 0.242 e. The topological polar surface area (TPSA) is 58.2 Å².